The van der Waals surface area contributed by atoms with Crippen molar-refractivity contribution in [3.63, 3.8) is 0 Å². The molecular weight excluding hydrogens is 376 g/mol. The molecule has 2 aliphatic heterocycles. The molecule has 0 saturated carbocycles. The maximum Gasteiger partial charge on any atom is 0.335 e. The first-order valence-electron chi connectivity index (χ1n) is 11.0. The fraction of sp³-hybridized carbons (Fsp3) is 0.423. The van der Waals surface area contributed by atoms with Gasteiger partial charge in [0.1, 0.15) is 0 Å². The molecule has 0 amide bonds. The van der Waals surface area contributed by atoms with E-state index >= 15 is 0 Å². The zero-order chi connectivity index (χ0) is 21.1. The first-order chi connectivity index (χ1) is 14.6. The van der Waals surface area contributed by atoms with Crippen molar-refractivity contribution in [3.05, 3.63) is 83.4 Å². The smallest absolute Gasteiger partial charge is 0.335 e. The predicted molar refractivity (Wildman–Crippen MR) is 117 cm³/mol. The van der Waals surface area contributed by atoms with E-state index in [1.54, 1.807) is 12.1 Å². The number of benzene rings is 2. The van der Waals surface area contributed by atoms with Gasteiger partial charge >= 0.3 is 5.97 Å². The van der Waals surface area contributed by atoms with Crippen molar-refractivity contribution < 1.29 is 19.7 Å². The van der Waals surface area contributed by atoms with E-state index in [4.69, 9.17) is 9.84 Å². The molecule has 30 heavy (non-hydrogen) atoms. The number of carboxylic acids is 1. The third kappa shape index (κ3) is 4.35. The monoisotopic (exact) mass is 406 g/mol. The molecule has 2 N–H and O–H groups in total. The Labute approximate surface area is 178 Å². The largest absolute Gasteiger partial charge is 0.478 e. The van der Waals surface area contributed by atoms with Gasteiger partial charge in [0.05, 0.1) is 23.9 Å². The van der Waals surface area contributed by atoms with Gasteiger partial charge in [-0.1, -0.05) is 61.5 Å². The van der Waals surface area contributed by atoms with Crippen LogP contribution in [0.5, 0.6) is 0 Å². The van der Waals surface area contributed by atoms with Crippen molar-refractivity contribution >= 4 is 5.97 Å². The number of fused-ring (bicyclic) bond motifs is 2. The molecule has 2 bridgehead atoms. The van der Waals surface area contributed by atoms with Crippen molar-refractivity contribution in [1.29, 1.82) is 0 Å². The Bertz CT molecular complexity index is 874. The number of aliphatic hydroxyl groups excluding tert-OH is 1. The van der Waals surface area contributed by atoms with Gasteiger partial charge in [0.25, 0.3) is 0 Å². The summed E-state index contributed by atoms with van der Waals surface area (Å²) in [5.41, 5.74) is 2.61. The highest BCUT2D eigenvalue weighted by Gasteiger charge is 2.47. The minimum Gasteiger partial charge on any atom is -0.478 e. The number of rotatable bonds is 8. The fourth-order valence-electron chi connectivity index (χ4n) is 5.15. The van der Waals surface area contributed by atoms with Gasteiger partial charge in [-0.15, -0.1) is 0 Å². The molecule has 2 fully saturated rings. The Balaban J connectivity index is 1.47. The Morgan fingerprint density at radius 2 is 1.80 bits per heavy atom. The predicted octanol–water partition coefficient (Wildman–Crippen LogP) is 4.83. The maximum absolute atomic E-state index is 11.1. The van der Waals surface area contributed by atoms with E-state index in [0.717, 1.165) is 36.8 Å². The van der Waals surface area contributed by atoms with E-state index < -0.39 is 12.1 Å². The Hall–Kier alpha value is -2.43. The minimum atomic E-state index is -0.900. The highest BCUT2D eigenvalue weighted by atomic mass is 16.5. The van der Waals surface area contributed by atoms with E-state index in [2.05, 4.69) is 25.1 Å². The molecule has 158 valence electrons. The van der Waals surface area contributed by atoms with Crippen LogP contribution in [0.3, 0.4) is 0 Å². The van der Waals surface area contributed by atoms with Crippen LogP contribution >= 0.6 is 0 Å². The van der Waals surface area contributed by atoms with Crippen molar-refractivity contribution in [2.45, 2.75) is 56.8 Å². The number of carboxylic acid groups (broad SMARTS) is 1. The van der Waals surface area contributed by atoms with Crippen LogP contribution in [-0.2, 0) is 11.2 Å². The standard InChI is InChI=1S/C26H30O4/c1-2-20(18-6-4-3-5-7-18)23(27)13-12-21-22(25-15-14-24(21)30-25)16-17-8-10-19(11-9-17)26(28)29/h3-13,20-25,27H,2,14-16H2,1H3,(H,28,29). The van der Waals surface area contributed by atoms with Gasteiger partial charge < -0.3 is 14.9 Å². The molecule has 6 atom stereocenters. The van der Waals surface area contributed by atoms with Gasteiger partial charge in [-0.3, -0.25) is 0 Å². The average molecular weight is 407 g/mol. The average Bonchev–Trinajstić information content (AvgIpc) is 3.36. The van der Waals surface area contributed by atoms with Gasteiger partial charge in [0.2, 0.25) is 0 Å². The first-order valence-corrected chi connectivity index (χ1v) is 11.0. The second-order valence-corrected chi connectivity index (χ2v) is 8.54. The molecule has 2 heterocycles. The number of ether oxygens (including phenoxy) is 1. The molecule has 2 aromatic rings. The van der Waals surface area contributed by atoms with Gasteiger partial charge in [-0.05, 0) is 54.9 Å². The maximum atomic E-state index is 11.1. The number of hydrogen-bond donors (Lipinski definition) is 2. The van der Waals surface area contributed by atoms with Crippen LogP contribution < -0.4 is 0 Å². The lowest BCUT2D eigenvalue weighted by Crippen LogP contribution is -2.28. The number of aromatic carboxylic acids is 1. The van der Waals surface area contributed by atoms with Gasteiger partial charge in [0.15, 0.2) is 0 Å². The normalized spacial score (nSPS) is 27.4. The summed E-state index contributed by atoms with van der Waals surface area (Å²) in [6.45, 7) is 2.11. The zero-order valence-corrected chi connectivity index (χ0v) is 17.4. The number of hydrogen-bond acceptors (Lipinski definition) is 3. The van der Waals surface area contributed by atoms with E-state index in [1.807, 2.05) is 36.4 Å². The molecule has 2 saturated heterocycles. The lowest BCUT2D eigenvalue weighted by molar-refractivity contribution is 0.0696. The van der Waals surface area contributed by atoms with Crippen LogP contribution in [-0.4, -0.2) is 34.5 Å². The molecule has 2 aromatic carbocycles. The topological polar surface area (TPSA) is 66.8 Å². The zero-order valence-electron chi connectivity index (χ0n) is 17.4. The van der Waals surface area contributed by atoms with Crippen LogP contribution in [0.1, 0.15) is 53.6 Å². The molecule has 4 heteroatoms. The van der Waals surface area contributed by atoms with E-state index in [9.17, 15) is 9.90 Å². The summed E-state index contributed by atoms with van der Waals surface area (Å²) < 4.78 is 6.21. The quantitative estimate of drug-likeness (QED) is 0.616. The lowest BCUT2D eigenvalue weighted by Gasteiger charge is -2.27. The summed E-state index contributed by atoms with van der Waals surface area (Å²) >= 11 is 0. The number of carbonyl (C=O) groups is 1. The molecular formula is C26H30O4. The minimum absolute atomic E-state index is 0.0870. The van der Waals surface area contributed by atoms with Gasteiger partial charge in [-0.25, -0.2) is 4.79 Å². The summed E-state index contributed by atoms with van der Waals surface area (Å²) in [7, 11) is 0. The fourth-order valence-corrected chi connectivity index (χ4v) is 5.15. The summed E-state index contributed by atoms with van der Waals surface area (Å²) in [5, 5.41) is 20.0. The summed E-state index contributed by atoms with van der Waals surface area (Å²) in [4.78, 5) is 11.1. The van der Waals surface area contributed by atoms with Crippen molar-refractivity contribution in [1.82, 2.24) is 0 Å². The highest BCUT2D eigenvalue weighted by Crippen LogP contribution is 2.45. The second kappa shape index (κ2) is 9.15. The Morgan fingerprint density at radius 3 is 2.47 bits per heavy atom. The van der Waals surface area contributed by atoms with E-state index in [1.165, 1.54) is 0 Å². The lowest BCUT2D eigenvalue weighted by atomic mass is 9.75. The van der Waals surface area contributed by atoms with Gasteiger partial charge in [-0.2, -0.15) is 0 Å². The SMILES string of the molecule is CCC(c1ccccc1)C(O)C=CC1C2CCC(O2)C1Cc1ccc(C(=O)O)cc1. The van der Waals surface area contributed by atoms with Crippen LogP contribution in [0.15, 0.2) is 66.7 Å². The second-order valence-electron chi connectivity index (χ2n) is 8.54. The Kier molecular flexibility index (Phi) is 6.35. The van der Waals surface area contributed by atoms with Crippen molar-refractivity contribution in [2.24, 2.45) is 11.8 Å². The highest BCUT2D eigenvalue weighted by molar-refractivity contribution is 5.87. The molecule has 0 aliphatic carbocycles. The summed E-state index contributed by atoms with van der Waals surface area (Å²) in [6, 6.07) is 17.4. The molecule has 6 unspecified atom stereocenters. The molecule has 2 aliphatic rings. The van der Waals surface area contributed by atoms with E-state index in [0.29, 0.717) is 11.5 Å². The van der Waals surface area contributed by atoms with Crippen LogP contribution in [0, 0.1) is 11.8 Å². The molecule has 0 spiro atoms. The van der Waals surface area contributed by atoms with Crippen molar-refractivity contribution in [2.75, 3.05) is 0 Å². The molecule has 4 rings (SSSR count). The van der Waals surface area contributed by atoms with Gasteiger partial charge in [0, 0.05) is 11.8 Å². The van der Waals surface area contributed by atoms with Crippen LogP contribution in [0.2, 0.25) is 0 Å². The summed E-state index contributed by atoms with van der Waals surface area (Å²) in [5.74, 6) is -0.169. The van der Waals surface area contributed by atoms with E-state index in [-0.39, 0.29) is 24.0 Å². The van der Waals surface area contributed by atoms with Crippen LogP contribution in [0.4, 0.5) is 0 Å². The summed E-state index contributed by atoms with van der Waals surface area (Å²) in [6.07, 6.45) is 7.98. The third-order valence-electron chi connectivity index (χ3n) is 6.77. The van der Waals surface area contributed by atoms with Crippen molar-refractivity contribution in [3.8, 4) is 0 Å². The molecule has 4 nitrogen and oxygen atoms in total. The Morgan fingerprint density at radius 1 is 1.10 bits per heavy atom. The molecule has 0 aromatic heterocycles. The molecule has 0 radical (unpaired) electrons. The van der Waals surface area contributed by atoms with Crippen LogP contribution in [0.25, 0.3) is 0 Å². The number of aliphatic hydroxyl groups is 1. The third-order valence-corrected chi connectivity index (χ3v) is 6.77. The first kappa shape index (κ1) is 20.8.